The molecule has 5 nitrogen and oxygen atoms in total. The number of fused-ring (bicyclic) bond motifs is 1. The van der Waals surface area contributed by atoms with Gasteiger partial charge in [-0.05, 0) is 23.8 Å². The van der Waals surface area contributed by atoms with Crippen LogP contribution in [0.4, 0.5) is 15.8 Å². The molecule has 0 aromatic heterocycles. The van der Waals surface area contributed by atoms with E-state index in [1.807, 2.05) is 11.9 Å². The summed E-state index contributed by atoms with van der Waals surface area (Å²) in [6.45, 7) is 0.498. The van der Waals surface area contributed by atoms with Gasteiger partial charge in [-0.3, -0.25) is 10.1 Å². The normalized spacial score (nSPS) is 17.0. The topological polar surface area (TPSA) is 55.6 Å². The van der Waals surface area contributed by atoms with Crippen LogP contribution in [0.1, 0.15) is 11.7 Å². The van der Waals surface area contributed by atoms with E-state index in [9.17, 15) is 14.5 Å². The molecule has 21 heavy (non-hydrogen) atoms. The van der Waals surface area contributed by atoms with Crippen LogP contribution >= 0.6 is 0 Å². The van der Waals surface area contributed by atoms with E-state index in [0.717, 1.165) is 5.56 Å². The van der Waals surface area contributed by atoms with Crippen molar-refractivity contribution in [2.24, 2.45) is 0 Å². The smallest absolute Gasteiger partial charge is 0.271 e. The average molecular weight is 288 g/mol. The van der Waals surface area contributed by atoms with Gasteiger partial charge in [-0.1, -0.05) is 12.1 Å². The molecule has 0 fully saturated rings. The summed E-state index contributed by atoms with van der Waals surface area (Å²) in [5.41, 5.74) is 1.43. The Morgan fingerprint density at radius 3 is 2.86 bits per heavy atom. The zero-order valence-corrected chi connectivity index (χ0v) is 11.3. The minimum absolute atomic E-state index is 0.0217. The van der Waals surface area contributed by atoms with Gasteiger partial charge < -0.3 is 9.64 Å². The Morgan fingerprint density at radius 1 is 1.33 bits per heavy atom. The van der Waals surface area contributed by atoms with Gasteiger partial charge >= 0.3 is 0 Å². The number of likely N-dealkylation sites (N-methyl/N-ethyl adjacent to an activating group) is 1. The van der Waals surface area contributed by atoms with E-state index in [0.29, 0.717) is 18.0 Å². The maximum absolute atomic E-state index is 13.3. The summed E-state index contributed by atoms with van der Waals surface area (Å²) in [7, 11) is 1.83. The summed E-state index contributed by atoms with van der Waals surface area (Å²) in [4.78, 5) is 12.3. The number of hydrogen-bond donors (Lipinski definition) is 0. The van der Waals surface area contributed by atoms with Gasteiger partial charge in [-0.25, -0.2) is 4.39 Å². The fourth-order valence-corrected chi connectivity index (χ4v) is 2.44. The van der Waals surface area contributed by atoms with E-state index in [1.54, 1.807) is 18.2 Å². The Hall–Kier alpha value is -2.63. The highest BCUT2D eigenvalue weighted by Gasteiger charge is 2.26. The quantitative estimate of drug-likeness (QED) is 0.628. The van der Waals surface area contributed by atoms with Crippen LogP contribution in [0.3, 0.4) is 0 Å². The lowest BCUT2D eigenvalue weighted by molar-refractivity contribution is -0.384. The van der Waals surface area contributed by atoms with E-state index in [1.165, 1.54) is 24.3 Å². The molecule has 108 valence electrons. The molecule has 2 aromatic carbocycles. The van der Waals surface area contributed by atoms with Crippen LogP contribution in [0.5, 0.6) is 5.75 Å². The summed E-state index contributed by atoms with van der Waals surface area (Å²) in [6.07, 6.45) is -0.306. The fraction of sp³-hybridized carbons (Fsp3) is 0.200. The first kappa shape index (κ1) is 13.4. The number of nitro groups is 1. The second-order valence-electron chi connectivity index (χ2n) is 4.95. The molecule has 0 saturated heterocycles. The molecule has 0 amide bonds. The summed E-state index contributed by atoms with van der Waals surface area (Å²) in [6, 6.07) is 10.7. The van der Waals surface area contributed by atoms with Crippen LogP contribution in [-0.4, -0.2) is 18.5 Å². The first-order valence-corrected chi connectivity index (χ1v) is 6.46. The van der Waals surface area contributed by atoms with Crippen molar-refractivity contribution in [3.05, 3.63) is 64.0 Å². The molecule has 1 heterocycles. The monoisotopic (exact) mass is 288 g/mol. The van der Waals surface area contributed by atoms with Crippen molar-refractivity contribution in [3.8, 4) is 5.75 Å². The second-order valence-corrected chi connectivity index (χ2v) is 4.95. The van der Waals surface area contributed by atoms with E-state index in [4.69, 9.17) is 4.74 Å². The van der Waals surface area contributed by atoms with Crippen molar-refractivity contribution in [1.29, 1.82) is 0 Å². The Kier molecular flexibility index (Phi) is 3.21. The molecule has 0 bridgehead atoms. The lowest BCUT2D eigenvalue weighted by atomic mass is 10.1. The Bertz CT molecular complexity index is 705. The first-order valence-electron chi connectivity index (χ1n) is 6.46. The number of nitro benzene ring substituents is 1. The maximum Gasteiger partial charge on any atom is 0.271 e. The molecule has 0 saturated carbocycles. The van der Waals surface area contributed by atoms with Gasteiger partial charge in [-0.15, -0.1) is 0 Å². The highest BCUT2D eigenvalue weighted by Crippen LogP contribution is 2.39. The van der Waals surface area contributed by atoms with Crippen LogP contribution in [0.2, 0.25) is 0 Å². The van der Waals surface area contributed by atoms with Crippen LogP contribution < -0.4 is 9.64 Å². The number of nitrogens with zero attached hydrogens (tertiary/aromatic N) is 2. The molecule has 0 aliphatic carbocycles. The Balaban J connectivity index is 1.94. The highest BCUT2D eigenvalue weighted by molar-refractivity contribution is 5.64. The number of non-ortho nitro benzene ring substituents is 1. The summed E-state index contributed by atoms with van der Waals surface area (Å²) in [5.74, 6) is 0.247. The standard InChI is InChI=1S/C15H13FN2O3/c1-17-9-15(10-3-2-4-11(16)7-10)21-14-6-5-12(18(19)20)8-13(14)17/h2-8,15H,9H2,1H3. The Morgan fingerprint density at radius 2 is 2.14 bits per heavy atom. The van der Waals surface area contributed by atoms with Gasteiger partial charge in [0.25, 0.3) is 5.69 Å². The van der Waals surface area contributed by atoms with Crippen molar-refractivity contribution in [1.82, 2.24) is 0 Å². The summed E-state index contributed by atoms with van der Waals surface area (Å²) >= 11 is 0. The average Bonchev–Trinajstić information content (AvgIpc) is 2.46. The minimum Gasteiger partial charge on any atom is -0.482 e. The molecule has 1 unspecified atom stereocenters. The predicted octanol–water partition coefficient (Wildman–Crippen LogP) is 3.30. The van der Waals surface area contributed by atoms with E-state index >= 15 is 0 Å². The summed E-state index contributed by atoms with van der Waals surface area (Å²) in [5, 5.41) is 10.8. The lowest BCUT2D eigenvalue weighted by Gasteiger charge is -2.33. The zero-order valence-electron chi connectivity index (χ0n) is 11.3. The second kappa shape index (κ2) is 5.05. The Labute approximate surface area is 120 Å². The van der Waals surface area contributed by atoms with E-state index < -0.39 is 4.92 Å². The van der Waals surface area contributed by atoms with Crippen LogP contribution in [-0.2, 0) is 0 Å². The van der Waals surface area contributed by atoms with Gasteiger partial charge in [0.15, 0.2) is 0 Å². The van der Waals surface area contributed by atoms with Crippen molar-refractivity contribution in [2.75, 3.05) is 18.5 Å². The van der Waals surface area contributed by atoms with E-state index in [2.05, 4.69) is 0 Å². The van der Waals surface area contributed by atoms with Crippen molar-refractivity contribution in [2.45, 2.75) is 6.10 Å². The molecule has 1 aliphatic heterocycles. The predicted molar refractivity (Wildman–Crippen MR) is 76.1 cm³/mol. The molecule has 0 spiro atoms. The van der Waals surface area contributed by atoms with Gasteiger partial charge in [0.2, 0.25) is 0 Å². The van der Waals surface area contributed by atoms with Crippen molar-refractivity contribution < 1.29 is 14.1 Å². The zero-order chi connectivity index (χ0) is 15.0. The lowest BCUT2D eigenvalue weighted by Crippen LogP contribution is -2.32. The molecule has 1 aliphatic rings. The van der Waals surface area contributed by atoms with E-state index in [-0.39, 0.29) is 17.6 Å². The highest BCUT2D eigenvalue weighted by atomic mass is 19.1. The largest absolute Gasteiger partial charge is 0.482 e. The number of hydrogen-bond acceptors (Lipinski definition) is 4. The summed E-state index contributed by atoms with van der Waals surface area (Å²) < 4.78 is 19.2. The van der Waals surface area contributed by atoms with Crippen LogP contribution in [0.15, 0.2) is 42.5 Å². The van der Waals surface area contributed by atoms with Crippen LogP contribution in [0, 0.1) is 15.9 Å². The SMILES string of the molecule is CN1CC(c2cccc(F)c2)Oc2ccc([N+](=O)[O-])cc21. The third kappa shape index (κ3) is 2.52. The number of ether oxygens (including phenoxy) is 1. The van der Waals surface area contributed by atoms with Gasteiger partial charge in [0.1, 0.15) is 17.7 Å². The van der Waals surface area contributed by atoms with Crippen molar-refractivity contribution >= 4 is 11.4 Å². The minimum atomic E-state index is -0.438. The maximum atomic E-state index is 13.3. The number of benzene rings is 2. The molecular weight excluding hydrogens is 275 g/mol. The van der Waals surface area contributed by atoms with Gasteiger partial charge in [0, 0.05) is 19.2 Å². The van der Waals surface area contributed by atoms with Crippen molar-refractivity contribution in [3.63, 3.8) is 0 Å². The molecule has 3 rings (SSSR count). The number of halogens is 1. The molecular formula is C15H13FN2O3. The molecule has 2 aromatic rings. The third-order valence-corrected chi connectivity index (χ3v) is 3.49. The number of anilines is 1. The molecule has 0 N–H and O–H groups in total. The van der Waals surface area contributed by atoms with Gasteiger partial charge in [0.05, 0.1) is 17.2 Å². The molecule has 0 radical (unpaired) electrons. The van der Waals surface area contributed by atoms with Gasteiger partial charge in [-0.2, -0.15) is 0 Å². The molecule has 6 heteroatoms. The molecule has 1 atom stereocenters. The first-order chi connectivity index (χ1) is 10.0. The third-order valence-electron chi connectivity index (χ3n) is 3.49. The number of rotatable bonds is 2. The van der Waals surface area contributed by atoms with Crippen LogP contribution in [0.25, 0.3) is 0 Å². The fourth-order valence-electron chi connectivity index (χ4n) is 2.44.